The lowest BCUT2D eigenvalue weighted by atomic mass is 9.86. The van der Waals surface area contributed by atoms with Crippen molar-refractivity contribution in [2.45, 2.75) is 73.3 Å². The van der Waals surface area contributed by atoms with Crippen molar-refractivity contribution in [2.24, 2.45) is 5.41 Å². The maximum Gasteiger partial charge on any atom is 0.154 e. The Morgan fingerprint density at radius 1 is 1.16 bits per heavy atom. The number of ketones is 1. The number of ether oxygens (including phenoxy) is 1. The molecule has 0 amide bonds. The van der Waals surface area contributed by atoms with Gasteiger partial charge in [0.1, 0.15) is 17.3 Å². The monoisotopic (exact) mass is 450 g/mol. The van der Waals surface area contributed by atoms with E-state index < -0.39 is 5.41 Å². The first kappa shape index (κ1) is 26.9. The van der Waals surface area contributed by atoms with Gasteiger partial charge in [-0.1, -0.05) is 50.1 Å². The molecule has 0 fully saturated rings. The van der Waals surface area contributed by atoms with Gasteiger partial charge in [0.15, 0.2) is 6.29 Å². The molecule has 1 atom stereocenters. The van der Waals surface area contributed by atoms with Gasteiger partial charge in [0, 0.05) is 24.5 Å². The van der Waals surface area contributed by atoms with Gasteiger partial charge in [-0.15, -0.1) is 0 Å². The number of rotatable bonds is 10. The molecular weight excluding hydrogens is 416 g/mol. The largest absolute Gasteiger partial charge is 0.507 e. The van der Waals surface area contributed by atoms with Gasteiger partial charge in [-0.05, 0) is 51.2 Å². The van der Waals surface area contributed by atoms with Gasteiger partial charge in [0.05, 0.1) is 16.7 Å². The fraction of sp³-hybridized carbons (Fsp3) is 0.520. The normalized spacial score (nSPS) is 13.9. The first-order chi connectivity index (χ1) is 14.3. The highest BCUT2D eigenvalue weighted by molar-refractivity contribution is 6.33. The average Bonchev–Trinajstić information content (AvgIpc) is 2.69. The Morgan fingerprint density at radius 3 is 2.29 bits per heavy atom. The number of allylic oxidation sites excluding steroid dienone is 3. The van der Waals surface area contributed by atoms with E-state index >= 15 is 0 Å². The maximum absolute atomic E-state index is 12.3. The second-order valence-electron chi connectivity index (χ2n) is 8.99. The summed E-state index contributed by atoms with van der Waals surface area (Å²) in [6, 6.07) is 0. The summed E-state index contributed by atoms with van der Waals surface area (Å²) in [7, 11) is 1.61. The summed E-state index contributed by atoms with van der Waals surface area (Å²) in [6.45, 7) is 11.2. The second-order valence-corrected chi connectivity index (χ2v) is 9.37. The third kappa shape index (κ3) is 7.22. The maximum atomic E-state index is 12.3. The Hall–Kier alpha value is -2.11. The molecule has 0 aliphatic heterocycles. The molecular formula is C25H35ClO5. The van der Waals surface area contributed by atoms with Crippen molar-refractivity contribution in [3.63, 3.8) is 0 Å². The van der Waals surface area contributed by atoms with Crippen LogP contribution >= 0.6 is 11.6 Å². The number of carbonyl (C=O) groups is 2. The molecule has 2 N–H and O–H groups in total. The van der Waals surface area contributed by atoms with Crippen LogP contribution in [0.25, 0.3) is 0 Å². The average molecular weight is 451 g/mol. The number of Topliss-reactive ketones (excluding diaryl/α,β-unsaturated/α-hetero) is 1. The SMILES string of the molecule is COC(CC(=O)C(C)(C)C)/C(C)=C/CC/C(C)=C/Cc1c(O)c(Cl)c(C)c(C=O)c1O. The molecule has 0 saturated carbocycles. The van der Waals surface area contributed by atoms with Crippen LogP contribution in [0.5, 0.6) is 11.5 Å². The van der Waals surface area contributed by atoms with E-state index in [9.17, 15) is 19.8 Å². The topological polar surface area (TPSA) is 83.8 Å². The summed E-state index contributed by atoms with van der Waals surface area (Å²) in [5, 5.41) is 20.7. The summed E-state index contributed by atoms with van der Waals surface area (Å²) in [4.78, 5) is 23.6. The number of halogens is 1. The molecule has 1 aromatic rings. The van der Waals surface area contributed by atoms with Crippen LogP contribution in [-0.2, 0) is 16.0 Å². The zero-order valence-electron chi connectivity index (χ0n) is 19.6. The molecule has 5 nitrogen and oxygen atoms in total. The first-order valence-electron chi connectivity index (χ1n) is 10.4. The number of hydrogen-bond acceptors (Lipinski definition) is 5. The van der Waals surface area contributed by atoms with Crippen LogP contribution in [-0.4, -0.2) is 35.5 Å². The van der Waals surface area contributed by atoms with E-state index in [0.717, 1.165) is 24.0 Å². The fourth-order valence-electron chi connectivity index (χ4n) is 3.16. The zero-order valence-corrected chi connectivity index (χ0v) is 20.4. The summed E-state index contributed by atoms with van der Waals surface area (Å²) in [5.74, 6) is -0.275. The summed E-state index contributed by atoms with van der Waals surface area (Å²) >= 11 is 6.10. The van der Waals surface area contributed by atoms with Gasteiger partial charge in [-0.2, -0.15) is 0 Å². The standard InChI is InChI=1S/C25H35ClO5/c1-15(9-8-10-16(2)20(31-7)13-21(28)25(4,5)6)11-12-18-23(29)19(14-27)17(3)22(26)24(18)30/h10-11,14,20,29-30H,8-9,12-13H2,1-7H3/b15-11+,16-10+. The highest BCUT2D eigenvalue weighted by Crippen LogP contribution is 2.40. The molecule has 172 valence electrons. The lowest BCUT2D eigenvalue weighted by Gasteiger charge is -2.22. The molecule has 0 heterocycles. The van der Waals surface area contributed by atoms with Crippen molar-refractivity contribution in [1.82, 2.24) is 0 Å². The minimum atomic E-state index is -0.393. The van der Waals surface area contributed by atoms with E-state index in [1.54, 1.807) is 14.0 Å². The van der Waals surface area contributed by atoms with Crippen LogP contribution in [0, 0.1) is 12.3 Å². The summed E-state index contributed by atoms with van der Waals surface area (Å²) in [6.07, 6.45) is 6.42. The van der Waals surface area contributed by atoms with Crippen LogP contribution in [0.2, 0.25) is 5.02 Å². The van der Waals surface area contributed by atoms with Crippen molar-refractivity contribution in [3.05, 3.63) is 45.0 Å². The minimum Gasteiger partial charge on any atom is -0.507 e. The third-order valence-electron chi connectivity index (χ3n) is 5.55. The van der Waals surface area contributed by atoms with E-state index in [1.807, 2.05) is 40.7 Å². The van der Waals surface area contributed by atoms with E-state index in [1.165, 1.54) is 0 Å². The molecule has 1 rings (SSSR count). The smallest absolute Gasteiger partial charge is 0.154 e. The highest BCUT2D eigenvalue weighted by Gasteiger charge is 2.25. The molecule has 0 aliphatic rings. The lowest BCUT2D eigenvalue weighted by Crippen LogP contribution is -2.26. The molecule has 0 bridgehead atoms. The molecule has 0 aromatic heterocycles. The predicted molar refractivity (Wildman–Crippen MR) is 125 cm³/mol. The Morgan fingerprint density at radius 2 is 1.77 bits per heavy atom. The van der Waals surface area contributed by atoms with Gasteiger partial charge in [-0.25, -0.2) is 0 Å². The van der Waals surface area contributed by atoms with Crippen molar-refractivity contribution < 1.29 is 24.5 Å². The molecule has 6 heteroatoms. The van der Waals surface area contributed by atoms with Crippen molar-refractivity contribution in [2.75, 3.05) is 7.11 Å². The predicted octanol–water partition coefficient (Wildman–Crippen LogP) is 6.11. The Bertz CT molecular complexity index is 875. The van der Waals surface area contributed by atoms with Gasteiger partial charge in [0.25, 0.3) is 0 Å². The molecule has 1 unspecified atom stereocenters. The number of aldehydes is 1. The van der Waals surface area contributed by atoms with Gasteiger partial charge < -0.3 is 14.9 Å². The van der Waals surface area contributed by atoms with Crippen molar-refractivity contribution in [1.29, 1.82) is 0 Å². The van der Waals surface area contributed by atoms with E-state index in [4.69, 9.17) is 16.3 Å². The van der Waals surface area contributed by atoms with Gasteiger partial charge in [0.2, 0.25) is 0 Å². The number of benzene rings is 1. The van der Waals surface area contributed by atoms with Gasteiger partial charge in [-0.3, -0.25) is 9.59 Å². The van der Waals surface area contributed by atoms with E-state index in [0.29, 0.717) is 18.3 Å². The van der Waals surface area contributed by atoms with Crippen molar-refractivity contribution in [3.8, 4) is 11.5 Å². The van der Waals surface area contributed by atoms with Crippen LogP contribution < -0.4 is 0 Å². The number of methoxy groups -OCH3 is 1. The third-order valence-corrected chi connectivity index (χ3v) is 6.01. The van der Waals surface area contributed by atoms with Gasteiger partial charge >= 0.3 is 0 Å². The Kier molecular flexibility index (Phi) is 9.98. The Balaban J connectivity index is 2.83. The summed E-state index contributed by atoms with van der Waals surface area (Å²) in [5.41, 5.74) is 2.38. The molecule has 0 aliphatic carbocycles. The lowest BCUT2D eigenvalue weighted by molar-refractivity contribution is -0.128. The quantitative estimate of drug-likeness (QED) is 0.332. The second kappa shape index (κ2) is 11.5. The zero-order chi connectivity index (χ0) is 23.9. The highest BCUT2D eigenvalue weighted by atomic mass is 35.5. The number of hydrogen-bond donors (Lipinski definition) is 2. The van der Waals surface area contributed by atoms with Crippen LogP contribution in [0.3, 0.4) is 0 Å². The first-order valence-corrected chi connectivity index (χ1v) is 10.8. The summed E-state index contributed by atoms with van der Waals surface area (Å²) < 4.78 is 5.51. The molecule has 0 saturated heterocycles. The minimum absolute atomic E-state index is 0.0786. The number of carbonyl (C=O) groups excluding carboxylic acids is 2. The number of phenolic OH excluding ortho intramolecular Hbond substituents is 2. The van der Waals surface area contributed by atoms with Crippen LogP contribution in [0.4, 0.5) is 0 Å². The van der Waals surface area contributed by atoms with Crippen LogP contribution in [0.1, 0.15) is 75.4 Å². The molecule has 0 spiro atoms. The van der Waals surface area contributed by atoms with Crippen LogP contribution in [0.15, 0.2) is 23.3 Å². The van der Waals surface area contributed by atoms with E-state index in [2.05, 4.69) is 6.08 Å². The number of phenols is 2. The molecule has 1 aromatic carbocycles. The van der Waals surface area contributed by atoms with E-state index in [-0.39, 0.29) is 46.0 Å². The molecule has 0 radical (unpaired) electrons. The van der Waals surface area contributed by atoms with Crippen molar-refractivity contribution >= 4 is 23.7 Å². The molecule has 31 heavy (non-hydrogen) atoms. The number of aromatic hydroxyl groups is 2. The fourth-order valence-corrected chi connectivity index (χ4v) is 3.38. The Labute approximate surface area is 190 Å².